The lowest BCUT2D eigenvalue weighted by Crippen LogP contribution is -2.33. The monoisotopic (exact) mass is 468 g/mol. The molecule has 1 aliphatic heterocycles. The van der Waals surface area contributed by atoms with E-state index in [1.165, 1.54) is 0 Å². The van der Waals surface area contributed by atoms with Gasteiger partial charge in [-0.3, -0.25) is 4.79 Å². The van der Waals surface area contributed by atoms with Gasteiger partial charge in [-0.05, 0) is 86.6 Å². The fraction of sp³-hybridized carbons (Fsp3) is 0.481. The predicted octanol–water partition coefficient (Wildman–Crippen LogP) is 5.27. The molecule has 0 saturated heterocycles. The Labute approximate surface area is 202 Å². The van der Waals surface area contributed by atoms with Crippen molar-refractivity contribution in [2.24, 2.45) is 0 Å². The van der Waals surface area contributed by atoms with Gasteiger partial charge in [-0.1, -0.05) is 19.9 Å². The maximum absolute atomic E-state index is 13.3. The number of carbonyl (C=O) groups is 2. The van der Waals surface area contributed by atoms with E-state index in [2.05, 4.69) is 5.32 Å². The first-order valence-electron chi connectivity index (χ1n) is 11.8. The minimum atomic E-state index is -0.516. The van der Waals surface area contributed by atoms with Crippen LogP contribution in [0.3, 0.4) is 0 Å². The van der Waals surface area contributed by atoms with E-state index in [-0.39, 0.29) is 17.6 Å². The van der Waals surface area contributed by atoms with Gasteiger partial charge in [0.2, 0.25) is 0 Å². The molecule has 34 heavy (non-hydrogen) atoms. The number of hydrogen-bond acceptors (Lipinski definition) is 5. The molecule has 184 valence electrons. The molecule has 0 fully saturated rings. The van der Waals surface area contributed by atoms with E-state index >= 15 is 0 Å². The van der Waals surface area contributed by atoms with Crippen molar-refractivity contribution < 1.29 is 24.2 Å². The van der Waals surface area contributed by atoms with E-state index in [0.717, 1.165) is 28.0 Å². The van der Waals surface area contributed by atoms with Gasteiger partial charge in [-0.15, -0.1) is 0 Å². The number of phenolic OH excluding ortho intramolecular Hbond substituents is 1. The Balaban J connectivity index is 1.55. The quantitative estimate of drug-likeness (QED) is 0.540. The zero-order chi connectivity index (χ0) is 25.0. The molecule has 2 aromatic carbocycles. The second-order valence-corrected chi connectivity index (χ2v) is 10.1. The molecule has 0 aliphatic carbocycles. The minimum Gasteiger partial charge on any atom is -0.508 e. The highest BCUT2D eigenvalue weighted by atomic mass is 16.6. The summed E-state index contributed by atoms with van der Waals surface area (Å²) in [5.74, 6) is 1.07. The average molecular weight is 469 g/mol. The number of hydrogen-bond donors (Lipinski definition) is 2. The van der Waals surface area contributed by atoms with Gasteiger partial charge in [0.1, 0.15) is 17.1 Å². The molecule has 2 amide bonds. The van der Waals surface area contributed by atoms with Gasteiger partial charge < -0.3 is 24.8 Å². The van der Waals surface area contributed by atoms with Gasteiger partial charge in [0, 0.05) is 25.2 Å². The molecule has 0 spiro atoms. The molecular weight excluding hydrogens is 432 g/mol. The first-order valence-corrected chi connectivity index (χ1v) is 11.8. The molecule has 1 aliphatic rings. The van der Waals surface area contributed by atoms with Gasteiger partial charge >= 0.3 is 6.09 Å². The van der Waals surface area contributed by atoms with Gasteiger partial charge in [0.15, 0.2) is 0 Å². The number of ether oxygens (including phenoxy) is 2. The Morgan fingerprint density at radius 2 is 1.82 bits per heavy atom. The summed E-state index contributed by atoms with van der Waals surface area (Å²) >= 11 is 0. The zero-order valence-electron chi connectivity index (χ0n) is 21.0. The maximum Gasteiger partial charge on any atom is 0.407 e. The summed E-state index contributed by atoms with van der Waals surface area (Å²) in [6.07, 6.45) is 0.221. The molecule has 0 saturated carbocycles. The van der Waals surface area contributed by atoms with Crippen molar-refractivity contribution in [1.82, 2.24) is 10.2 Å². The van der Waals surface area contributed by atoms with Crippen LogP contribution in [0.25, 0.3) is 0 Å². The number of phenols is 1. The second-order valence-electron chi connectivity index (χ2n) is 10.1. The van der Waals surface area contributed by atoms with Crippen LogP contribution < -0.4 is 10.1 Å². The van der Waals surface area contributed by atoms with Crippen molar-refractivity contribution in [3.63, 3.8) is 0 Å². The molecule has 3 rings (SSSR count). The van der Waals surface area contributed by atoms with Crippen LogP contribution in [-0.2, 0) is 17.8 Å². The van der Waals surface area contributed by atoms with Crippen LogP contribution in [0.4, 0.5) is 4.79 Å². The zero-order valence-corrected chi connectivity index (χ0v) is 21.0. The molecule has 0 unspecified atom stereocenters. The van der Waals surface area contributed by atoms with Crippen LogP contribution >= 0.6 is 0 Å². The summed E-state index contributed by atoms with van der Waals surface area (Å²) in [7, 11) is 0. The summed E-state index contributed by atoms with van der Waals surface area (Å²) in [5.41, 5.74) is 3.83. The van der Waals surface area contributed by atoms with E-state index in [0.29, 0.717) is 38.2 Å². The van der Waals surface area contributed by atoms with Crippen molar-refractivity contribution in [1.29, 1.82) is 0 Å². The van der Waals surface area contributed by atoms with Crippen LogP contribution in [0.2, 0.25) is 0 Å². The minimum absolute atomic E-state index is 0.0358. The molecule has 0 bridgehead atoms. The van der Waals surface area contributed by atoms with Gasteiger partial charge in [-0.25, -0.2) is 4.79 Å². The van der Waals surface area contributed by atoms with Crippen molar-refractivity contribution >= 4 is 12.0 Å². The van der Waals surface area contributed by atoms with E-state index in [9.17, 15) is 14.7 Å². The summed E-state index contributed by atoms with van der Waals surface area (Å²) in [6, 6.07) is 9.39. The molecule has 7 nitrogen and oxygen atoms in total. The highest BCUT2D eigenvalue weighted by Crippen LogP contribution is 2.32. The Morgan fingerprint density at radius 3 is 2.50 bits per heavy atom. The van der Waals surface area contributed by atoms with Crippen molar-refractivity contribution in [3.05, 3.63) is 58.1 Å². The second kappa shape index (κ2) is 10.4. The largest absolute Gasteiger partial charge is 0.508 e. The molecule has 0 atom stereocenters. The summed E-state index contributed by atoms with van der Waals surface area (Å²) in [4.78, 5) is 26.8. The normalized spacial score (nSPS) is 13.1. The topological polar surface area (TPSA) is 88.1 Å². The fourth-order valence-corrected chi connectivity index (χ4v) is 3.94. The number of amides is 2. The van der Waals surface area contributed by atoms with E-state index < -0.39 is 11.7 Å². The number of benzene rings is 2. The third-order valence-corrected chi connectivity index (χ3v) is 5.67. The SMILES string of the molecule is Cc1cc(O)c(C(C)C)cc1C(=O)N1Cc2ccc(OCCCNC(=O)OC(C)(C)C)cc2C1. The first-order chi connectivity index (χ1) is 15.9. The molecular formula is C27H36N2O5. The van der Waals surface area contributed by atoms with Crippen molar-refractivity contribution in [2.45, 2.75) is 72.6 Å². The molecule has 0 aromatic heterocycles. The highest BCUT2D eigenvalue weighted by Gasteiger charge is 2.26. The van der Waals surface area contributed by atoms with E-state index in [1.807, 2.05) is 70.7 Å². The van der Waals surface area contributed by atoms with Crippen LogP contribution in [0, 0.1) is 6.92 Å². The molecule has 7 heteroatoms. The highest BCUT2D eigenvalue weighted by molar-refractivity contribution is 5.96. The standard InChI is InChI=1S/C27H36N2O5/c1-17(2)22-14-23(18(3)12-24(22)30)25(31)29-15-19-8-9-21(13-20(19)16-29)33-11-7-10-28-26(32)34-27(4,5)6/h8-9,12-14,17,30H,7,10-11,15-16H2,1-6H3,(H,28,32). The maximum atomic E-state index is 13.3. The number of nitrogens with one attached hydrogen (secondary N) is 1. The lowest BCUT2D eigenvalue weighted by atomic mass is 9.96. The number of nitrogens with zero attached hydrogens (tertiary/aromatic N) is 1. The summed E-state index contributed by atoms with van der Waals surface area (Å²) < 4.78 is 11.1. The van der Waals surface area contributed by atoms with Crippen molar-refractivity contribution in [2.75, 3.05) is 13.2 Å². The third kappa shape index (κ3) is 6.43. The van der Waals surface area contributed by atoms with Crippen LogP contribution in [0.15, 0.2) is 30.3 Å². The Morgan fingerprint density at radius 1 is 1.12 bits per heavy atom. The number of carbonyl (C=O) groups excluding carboxylic acids is 2. The molecule has 1 heterocycles. The van der Waals surface area contributed by atoms with Gasteiger partial charge in [0.25, 0.3) is 5.91 Å². The lowest BCUT2D eigenvalue weighted by Gasteiger charge is -2.19. The smallest absolute Gasteiger partial charge is 0.407 e. The Kier molecular flexibility index (Phi) is 7.75. The summed E-state index contributed by atoms with van der Waals surface area (Å²) in [6.45, 7) is 13.3. The lowest BCUT2D eigenvalue weighted by molar-refractivity contribution is 0.0525. The number of aromatic hydroxyl groups is 1. The number of rotatable bonds is 7. The first kappa shape index (κ1) is 25.4. The predicted molar refractivity (Wildman–Crippen MR) is 131 cm³/mol. The van der Waals surface area contributed by atoms with Gasteiger partial charge in [0.05, 0.1) is 6.61 Å². The van der Waals surface area contributed by atoms with Crippen LogP contribution in [0.5, 0.6) is 11.5 Å². The number of aryl methyl sites for hydroxylation is 1. The Bertz CT molecular complexity index is 1060. The fourth-order valence-electron chi connectivity index (χ4n) is 3.94. The molecule has 0 radical (unpaired) electrons. The molecule has 2 N–H and O–H groups in total. The van der Waals surface area contributed by atoms with Crippen LogP contribution in [-0.4, -0.2) is 40.8 Å². The number of fused-ring (bicyclic) bond motifs is 1. The van der Waals surface area contributed by atoms with E-state index in [4.69, 9.17) is 9.47 Å². The Hall–Kier alpha value is -3.22. The third-order valence-electron chi connectivity index (χ3n) is 5.67. The summed E-state index contributed by atoms with van der Waals surface area (Å²) in [5, 5.41) is 12.9. The number of alkyl carbamates (subject to hydrolysis) is 1. The van der Waals surface area contributed by atoms with Crippen LogP contribution in [0.1, 0.15) is 79.6 Å². The molecule has 2 aromatic rings. The van der Waals surface area contributed by atoms with Gasteiger partial charge in [-0.2, -0.15) is 0 Å². The average Bonchev–Trinajstić information content (AvgIpc) is 3.15. The van der Waals surface area contributed by atoms with E-state index in [1.54, 1.807) is 6.07 Å². The van der Waals surface area contributed by atoms with Crippen molar-refractivity contribution in [3.8, 4) is 11.5 Å².